The Morgan fingerprint density at radius 1 is 1.29 bits per heavy atom. The highest BCUT2D eigenvalue weighted by Gasteiger charge is 2.21. The highest BCUT2D eigenvalue weighted by molar-refractivity contribution is 5.97. The van der Waals surface area contributed by atoms with E-state index in [0.29, 0.717) is 36.0 Å². The fourth-order valence-electron chi connectivity index (χ4n) is 1.82. The molecular weight excluding hydrogens is 276 g/mol. The molecule has 1 aliphatic rings. The molecule has 0 atom stereocenters. The lowest BCUT2D eigenvalue weighted by Crippen LogP contribution is -2.36. The Hall–Kier alpha value is -2.44. The van der Waals surface area contributed by atoms with Gasteiger partial charge in [0.05, 0.1) is 13.7 Å². The number of ether oxygens (including phenoxy) is 3. The third-order valence-electron chi connectivity index (χ3n) is 2.99. The van der Waals surface area contributed by atoms with Crippen LogP contribution in [0.25, 0.3) is 0 Å². The van der Waals surface area contributed by atoms with Crippen molar-refractivity contribution < 1.29 is 23.8 Å². The summed E-state index contributed by atoms with van der Waals surface area (Å²) in [5.74, 6) is 0.818. The SMILES string of the molecule is COc1cc(C(=O)NCC(=O)N(C)C)cc2c1OCCO2. The number of amides is 2. The molecule has 1 N–H and O–H groups in total. The van der Waals surface area contributed by atoms with Crippen LogP contribution in [0.1, 0.15) is 10.4 Å². The number of fused-ring (bicyclic) bond motifs is 1. The number of carbonyl (C=O) groups is 2. The first-order chi connectivity index (χ1) is 10.0. The second-order valence-electron chi connectivity index (χ2n) is 4.67. The zero-order chi connectivity index (χ0) is 15.4. The molecule has 0 saturated heterocycles. The molecule has 7 heteroatoms. The number of hydrogen-bond acceptors (Lipinski definition) is 5. The van der Waals surface area contributed by atoms with Crippen LogP contribution in [0.4, 0.5) is 0 Å². The van der Waals surface area contributed by atoms with Crippen molar-refractivity contribution >= 4 is 11.8 Å². The third-order valence-corrected chi connectivity index (χ3v) is 2.99. The molecule has 1 aliphatic heterocycles. The minimum absolute atomic E-state index is 0.0669. The van der Waals surface area contributed by atoms with E-state index in [0.717, 1.165) is 0 Å². The Morgan fingerprint density at radius 2 is 2.00 bits per heavy atom. The van der Waals surface area contributed by atoms with Crippen molar-refractivity contribution in [3.8, 4) is 17.2 Å². The summed E-state index contributed by atoms with van der Waals surface area (Å²) >= 11 is 0. The molecule has 0 spiro atoms. The molecule has 1 aromatic carbocycles. The van der Waals surface area contributed by atoms with Gasteiger partial charge in [-0.05, 0) is 12.1 Å². The van der Waals surface area contributed by atoms with Gasteiger partial charge in [0.2, 0.25) is 11.7 Å². The number of methoxy groups -OCH3 is 1. The number of nitrogens with one attached hydrogen (secondary N) is 1. The Labute approximate surface area is 122 Å². The molecule has 0 saturated carbocycles. The van der Waals surface area contributed by atoms with E-state index in [1.807, 2.05) is 0 Å². The lowest BCUT2D eigenvalue weighted by molar-refractivity contribution is -0.127. The second-order valence-corrected chi connectivity index (χ2v) is 4.67. The summed E-state index contributed by atoms with van der Waals surface area (Å²) in [5, 5.41) is 2.56. The van der Waals surface area contributed by atoms with Crippen LogP contribution in [-0.2, 0) is 4.79 Å². The maximum Gasteiger partial charge on any atom is 0.251 e. The Morgan fingerprint density at radius 3 is 2.67 bits per heavy atom. The van der Waals surface area contributed by atoms with Crippen LogP contribution in [0.2, 0.25) is 0 Å². The lowest BCUT2D eigenvalue weighted by atomic mass is 10.1. The molecular formula is C14H18N2O5. The molecule has 2 rings (SSSR count). The predicted octanol–water partition coefficient (Wildman–Crippen LogP) is 0.284. The number of nitrogens with zero attached hydrogens (tertiary/aromatic N) is 1. The minimum Gasteiger partial charge on any atom is -0.493 e. The van der Waals surface area contributed by atoms with Gasteiger partial charge in [-0.3, -0.25) is 9.59 Å². The van der Waals surface area contributed by atoms with Crippen molar-refractivity contribution in [1.29, 1.82) is 0 Å². The number of hydrogen-bond donors (Lipinski definition) is 1. The fourth-order valence-corrected chi connectivity index (χ4v) is 1.82. The summed E-state index contributed by atoms with van der Waals surface area (Å²) in [4.78, 5) is 25.0. The average Bonchev–Trinajstić information content (AvgIpc) is 2.50. The van der Waals surface area contributed by atoms with Crippen LogP contribution < -0.4 is 19.5 Å². The molecule has 21 heavy (non-hydrogen) atoms. The maximum atomic E-state index is 12.1. The smallest absolute Gasteiger partial charge is 0.251 e. The summed E-state index contributed by atoms with van der Waals surface area (Å²) in [6, 6.07) is 3.13. The zero-order valence-electron chi connectivity index (χ0n) is 12.3. The van der Waals surface area contributed by atoms with Gasteiger partial charge in [0.25, 0.3) is 5.91 Å². The molecule has 0 unspecified atom stereocenters. The van der Waals surface area contributed by atoms with Crippen LogP contribution in [-0.4, -0.2) is 57.7 Å². The van der Waals surface area contributed by atoms with Gasteiger partial charge in [0.1, 0.15) is 13.2 Å². The van der Waals surface area contributed by atoms with Crippen LogP contribution >= 0.6 is 0 Å². The van der Waals surface area contributed by atoms with E-state index in [4.69, 9.17) is 14.2 Å². The van der Waals surface area contributed by atoms with Gasteiger partial charge >= 0.3 is 0 Å². The van der Waals surface area contributed by atoms with Gasteiger partial charge in [0.15, 0.2) is 11.5 Å². The van der Waals surface area contributed by atoms with Crippen molar-refractivity contribution in [2.24, 2.45) is 0 Å². The molecule has 0 aromatic heterocycles. The van der Waals surface area contributed by atoms with Crippen molar-refractivity contribution in [2.75, 3.05) is 41.0 Å². The van der Waals surface area contributed by atoms with E-state index in [1.165, 1.54) is 12.0 Å². The van der Waals surface area contributed by atoms with Crippen LogP contribution in [0.3, 0.4) is 0 Å². The average molecular weight is 294 g/mol. The normalized spacial score (nSPS) is 12.5. The Kier molecular flexibility index (Phi) is 4.52. The summed E-state index contributed by atoms with van der Waals surface area (Å²) in [6.07, 6.45) is 0. The summed E-state index contributed by atoms with van der Waals surface area (Å²) in [7, 11) is 4.74. The number of rotatable bonds is 4. The monoisotopic (exact) mass is 294 g/mol. The highest BCUT2D eigenvalue weighted by Crippen LogP contribution is 2.40. The topological polar surface area (TPSA) is 77.1 Å². The van der Waals surface area contributed by atoms with Crippen LogP contribution in [0.5, 0.6) is 17.2 Å². The molecule has 1 aromatic rings. The largest absolute Gasteiger partial charge is 0.493 e. The summed E-state index contributed by atoms with van der Waals surface area (Å²) in [6.45, 7) is 0.787. The fraction of sp³-hybridized carbons (Fsp3) is 0.429. The van der Waals surface area contributed by atoms with Crippen molar-refractivity contribution in [2.45, 2.75) is 0 Å². The van der Waals surface area contributed by atoms with E-state index >= 15 is 0 Å². The van der Waals surface area contributed by atoms with Crippen molar-refractivity contribution in [3.63, 3.8) is 0 Å². The molecule has 7 nitrogen and oxygen atoms in total. The first-order valence-electron chi connectivity index (χ1n) is 6.49. The number of carbonyl (C=O) groups excluding carboxylic acids is 2. The lowest BCUT2D eigenvalue weighted by Gasteiger charge is -2.21. The Balaban J connectivity index is 2.16. The number of benzene rings is 1. The molecule has 0 bridgehead atoms. The summed E-state index contributed by atoms with van der Waals surface area (Å²) in [5.41, 5.74) is 0.350. The molecule has 0 aliphatic carbocycles. The quantitative estimate of drug-likeness (QED) is 0.863. The van der Waals surface area contributed by atoms with Crippen LogP contribution in [0, 0.1) is 0 Å². The third kappa shape index (κ3) is 3.36. The molecule has 2 amide bonds. The first-order valence-corrected chi connectivity index (χ1v) is 6.49. The predicted molar refractivity (Wildman–Crippen MR) is 75.0 cm³/mol. The van der Waals surface area contributed by atoms with Gasteiger partial charge in [-0.2, -0.15) is 0 Å². The maximum absolute atomic E-state index is 12.1. The molecule has 114 valence electrons. The molecule has 0 radical (unpaired) electrons. The second kappa shape index (κ2) is 6.34. The van der Waals surface area contributed by atoms with Crippen LogP contribution in [0.15, 0.2) is 12.1 Å². The standard InChI is InChI=1S/C14H18N2O5/c1-16(2)12(17)8-15-14(18)9-6-10(19-3)13-11(7-9)20-4-5-21-13/h6-7H,4-5,8H2,1-3H3,(H,15,18). The van der Waals surface area contributed by atoms with E-state index in [2.05, 4.69) is 5.32 Å². The Bertz CT molecular complexity index is 539. The van der Waals surface area contributed by atoms with Gasteiger partial charge < -0.3 is 24.4 Å². The minimum atomic E-state index is -0.375. The number of likely N-dealkylation sites (N-methyl/N-ethyl adjacent to an activating group) is 1. The van der Waals surface area contributed by atoms with E-state index in [9.17, 15) is 9.59 Å². The van der Waals surface area contributed by atoms with Gasteiger partial charge in [-0.25, -0.2) is 0 Å². The van der Waals surface area contributed by atoms with Gasteiger partial charge in [0, 0.05) is 19.7 Å². The van der Waals surface area contributed by atoms with Crippen molar-refractivity contribution in [1.82, 2.24) is 10.2 Å². The molecule has 1 heterocycles. The van der Waals surface area contributed by atoms with E-state index in [-0.39, 0.29) is 18.4 Å². The zero-order valence-corrected chi connectivity index (χ0v) is 12.3. The summed E-state index contributed by atoms with van der Waals surface area (Å²) < 4.78 is 16.1. The van der Waals surface area contributed by atoms with Crippen molar-refractivity contribution in [3.05, 3.63) is 17.7 Å². The molecule has 0 fully saturated rings. The highest BCUT2D eigenvalue weighted by atomic mass is 16.6. The van der Waals surface area contributed by atoms with E-state index < -0.39 is 0 Å². The van der Waals surface area contributed by atoms with E-state index in [1.54, 1.807) is 26.2 Å². The van der Waals surface area contributed by atoms with Gasteiger partial charge in [-0.1, -0.05) is 0 Å². The first kappa shape index (κ1) is 15.0. The van der Waals surface area contributed by atoms with Gasteiger partial charge in [-0.15, -0.1) is 0 Å².